The maximum Gasteiger partial charge on any atom is 0.414 e. The first kappa shape index (κ1) is 20.6. The smallest absolute Gasteiger partial charge is 0.414 e. The average Bonchev–Trinajstić information content (AvgIpc) is 2.90. The quantitative estimate of drug-likeness (QED) is 0.715. The van der Waals surface area contributed by atoms with Gasteiger partial charge in [-0.15, -0.1) is 0 Å². The number of nitrogens with one attached hydrogen (secondary N) is 1. The Balaban J connectivity index is 0.000000380. The molecule has 0 aromatic heterocycles. The number of hydrogen-bond donors (Lipinski definition) is 3. The van der Waals surface area contributed by atoms with Gasteiger partial charge in [-0.05, 0) is 50.6 Å². The van der Waals surface area contributed by atoms with Crippen LogP contribution in [0.1, 0.15) is 37.0 Å². The van der Waals surface area contributed by atoms with Gasteiger partial charge in [0.1, 0.15) is 5.60 Å². The topological polar surface area (TPSA) is 95.9 Å². The molecule has 2 aromatic carbocycles. The summed E-state index contributed by atoms with van der Waals surface area (Å²) in [6.45, 7) is 5.24. The summed E-state index contributed by atoms with van der Waals surface area (Å²) in [5.41, 5.74) is 3.21. The Morgan fingerprint density at radius 3 is 1.96 bits per heavy atom. The van der Waals surface area contributed by atoms with Crippen LogP contribution in [0.2, 0.25) is 0 Å². The van der Waals surface area contributed by atoms with Crippen molar-refractivity contribution in [3.63, 3.8) is 0 Å². The molecule has 0 radical (unpaired) electrons. The van der Waals surface area contributed by atoms with E-state index in [0.29, 0.717) is 0 Å². The van der Waals surface area contributed by atoms with Crippen LogP contribution < -0.4 is 5.32 Å². The zero-order valence-corrected chi connectivity index (χ0v) is 15.7. The molecule has 0 aliphatic carbocycles. The number of carbonyl (C=O) groups is 2. The monoisotopic (exact) mass is 371 g/mol. The van der Waals surface area contributed by atoms with Crippen molar-refractivity contribution in [2.24, 2.45) is 0 Å². The fraction of sp³-hybridized carbons (Fsp3) is 0.333. The van der Waals surface area contributed by atoms with Gasteiger partial charge < -0.3 is 20.3 Å². The molecule has 6 nitrogen and oxygen atoms in total. The lowest BCUT2D eigenvalue weighted by Gasteiger charge is -2.33. The highest BCUT2D eigenvalue weighted by atomic mass is 16.5. The van der Waals surface area contributed by atoms with Crippen LogP contribution in [0.25, 0.3) is 0 Å². The van der Waals surface area contributed by atoms with Crippen molar-refractivity contribution in [3.8, 4) is 0 Å². The van der Waals surface area contributed by atoms with Gasteiger partial charge in [-0.3, -0.25) is 0 Å². The van der Waals surface area contributed by atoms with Crippen LogP contribution in [0.3, 0.4) is 0 Å². The van der Waals surface area contributed by atoms with Crippen LogP contribution in [0.5, 0.6) is 0 Å². The molecule has 6 heteroatoms. The molecule has 0 saturated heterocycles. The molecule has 27 heavy (non-hydrogen) atoms. The van der Waals surface area contributed by atoms with Crippen molar-refractivity contribution in [1.82, 2.24) is 5.32 Å². The molecule has 1 aliphatic heterocycles. The molecule has 3 N–H and O–H groups in total. The van der Waals surface area contributed by atoms with Gasteiger partial charge in [-0.25, -0.2) is 9.59 Å². The molecule has 0 amide bonds. The number of carboxylic acids is 2. The second kappa shape index (κ2) is 8.33. The molecule has 0 bridgehead atoms. The summed E-state index contributed by atoms with van der Waals surface area (Å²) in [6, 6.07) is 19.2. The largest absolute Gasteiger partial charge is 0.473 e. The Morgan fingerprint density at radius 2 is 1.44 bits per heavy atom. The molecule has 0 spiro atoms. The number of fused-ring (bicyclic) bond motifs is 1. The number of aliphatic carboxylic acids is 2. The first-order valence-electron chi connectivity index (χ1n) is 8.71. The first-order valence-corrected chi connectivity index (χ1v) is 8.71. The van der Waals surface area contributed by atoms with Crippen molar-refractivity contribution in [3.05, 3.63) is 71.3 Å². The normalized spacial score (nSPS) is 19.5. The highest BCUT2D eigenvalue weighted by Crippen LogP contribution is 2.51. The molecule has 3 rings (SSSR count). The summed E-state index contributed by atoms with van der Waals surface area (Å²) in [7, 11) is 1.99. The minimum atomic E-state index is -1.82. The second-order valence-electron chi connectivity index (χ2n) is 6.81. The Hall–Kier alpha value is -2.70. The van der Waals surface area contributed by atoms with Crippen LogP contribution in [0.4, 0.5) is 0 Å². The summed E-state index contributed by atoms with van der Waals surface area (Å²) in [6.07, 6.45) is 0.925. The standard InChI is InChI=1S/C19H23NO.C2H2O4/c1-18(2)16-11-7-8-12-17(16)19(21-18,13-14-20-3)15-9-5-4-6-10-15;3-1(4)2(5)6/h4-12,20H,13-14H2,1-3H3;(H,3,4)(H,5,6). The maximum atomic E-state index is 9.10. The SMILES string of the molecule is CNCCC1(c2ccccc2)OC(C)(C)c2ccccc21.O=C(O)C(=O)O. The van der Waals surface area contributed by atoms with Crippen LogP contribution in [0, 0.1) is 0 Å². The molecule has 0 saturated carbocycles. The van der Waals surface area contributed by atoms with Gasteiger partial charge in [0, 0.05) is 0 Å². The van der Waals surface area contributed by atoms with E-state index < -0.39 is 11.9 Å². The van der Waals surface area contributed by atoms with E-state index in [0.717, 1.165) is 13.0 Å². The van der Waals surface area contributed by atoms with Gasteiger partial charge in [-0.2, -0.15) is 0 Å². The molecule has 1 heterocycles. The molecule has 144 valence electrons. The molecule has 1 unspecified atom stereocenters. The van der Waals surface area contributed by atoms with Crippen molar-refractivity contribution < 1.29 is 24.5 Å². The van der Waals surface area contributed by atoms with Crippen LogP contribution >= 0.6 is 0 Å². The third-order valence-electron chi connectivity index (χ3n) is 4.59. The maximum absolute atomic E-state index is 9.10. The van der Waals surface area contributed by atoms with Gasteiger partial charge in [0.05, 0.1) is 5.60 Å². The van der Waals surface area contributed by atoms with E-state index >= 15 is 0 Å². The number of benzene rings is 2. The molecule has 2 aromatic rings. The van der Waals surface area contributed by atoms with Crippen LogP contribution in [-0.4, -0.2) is 35.7 Å². The van der Waals surface area contributed by atoms with Crippen LogP contribution in [-0.2, 0) is 25.5 Å². The Morgan fingerprint density at radius 1 is 0.926 bits per heavy atom. The fourth-order valence-corrected chi connectivity index (χ4v) is 3.46. The van der Waals surface area contributed by atoms with Gasteiger partial charge in [0.25, 0.3) is 0 Å². The predicted octanol–water partition coefficient (Wildman–Crippen LogP) is 2.96. The van der Waals surface area contributed by atoms with E-state index in [9.17, 15) is 0 Å². The van der Waals surface area contributed by atoms with Gasteiger partial charge in [0.2, 0.25) is 0 Å². The molecule has 1 aliphatic rings. The Kier molecular flexibility index (Phi) is 6.36. The third kappa shape index (κ3) is 4.35. The molecular weight excluding hydrogens is 346 g/mol. The summed E-state index contributed by atoms with van der Waals surface area (Å²) < 4.78 is 6.66. The minimum absolute atomic E-state index is 0.264. The third-order valence-corrected chi connectivity index (χ3v) is 4.59. The van der Waals surface area contributed by atoms with E-state index in [-0.39, 0.29) is 11.2 Å². The zero-order valence-electron chi connectivity index (χ0n) is 15.7. The Labute approximate surface area is 158 Å². The number of hydrogen-bond acceptors (Lipinski definition) is 4. The Bertz CT molecular complexity index is 791. The highest BCUT2D eigenvalue weighted by Gasteiger charge is 2.49. The molecule has 1 atom stereocenters. The van der Waals surface area contributed by atoms with E-state index in [1.807, 2.05) is 7.05 Å². The van der Waals surface area contributed by atoms with Gasteiger partial charge in [0.15, 0.2) is 0 Å². The van der Waals surface area contributed by atoms with Crippen molar-refractivity contribution in [2.75, 3.05) is 13.6 Å². The van der Waals surface area contributed by atoms with Crippen molar-refractivity contribution in [2.45, 2.75) is 31.5 Å². The first-order chi connectivity index (χ1) is 12.7. The lowest BCUT2D eigenvalue weighted by atomic mass is 9.82. The predicted molar refractivity (Wildman–Crippen MR) is 102 cm³/mol. The van der Waals surface area contributed by atoms with E-state index in [4.69, 9.17) is 24.5 Å². The lowest BCUT2D eigenvalue weighted by molar-refractivity contribution is -0.159. The van der Waals surface area contributed by atoms with Crippen molar-refractivity contribution in [1.29, 1.82) is 0 Å². The van der Waals surface area contributed by atoms with Crippen molar-refractivity contribution >= 4 is 11.9 Å². The average molecular weight is 371 g/mol. The fourth-order valence-electron chi connectivity index (χ4n) is 3.46. The summed E-state index contributed by atoms with van der Waals surface area (Å²) in [5, 5.41) is 18.0. The van der Waals surface area contributed by atoms with E-state index in [2.05, 4.69) is 73.8 Å². The summed E-state index contributed by atoms with van der Waals surface area (Å²) in [5.74, 6) is -3.65. The number of carboxylic acid groups (broad SMARTS) is 2. The summed E-state index contributed by atoms with van der Waals surface area (Å²) in [4.78, 5) is 18.2. The van der Waals surface area contributed by atoms with Gasteiger partial charge >= 0.3 is 11.9 Å². The number of ether oxygens (including phenoxy) is 1. The second-order valence-corrected chi connectivity index (χ2v) is 6.81. The number of rotatable bonds is 4. The lowest BCUT2D eigenvalue weighted by Crippen LogP contribution is -2.33. The molecule has 0 fully saturated rings. The minimum Gasteiger partial charge on any atom is -0.473 e. The van der Waals surface area contributed by atoms with Gasteiger partial charge in [-0.1, -0.05) is 54.6 Å². The molecular formula is C21H25NO5. The van der Waals surface area contributed by atoms with E-state index in [1.165, 1.54) is 16.7 Å². The summed E-state index contributed by atoms with van der Waals surface area (Å²) >= 11 is 0. The zero-order chi connectivity index (χ0) is 20.1. The van der Waals surface area contributed by atoms with E-state index in [1.54, 1.807) is 0 Å². The van der Waals surface area contributed by atoms with Crippen LogP contribution in [0.15, 0.2) is 54.6 Å². The highest BCUT2D eigenvalue weighted by molar-refractivity contribution is 6.27.